The van der Waals surface area contributed by atoms with Gasteiger partial charge in [-0.05, 0) is 19.9 Å². The van der Waals surface area contributed by atoms with Crippen LogP contribution in [0.5, 0.6) is 0 Å². The van der Waals surface area contributed by atoms with Crippen molar-refractivity contribution in [1.82, 2.24) is 14.9 Å². The molecule has 19 heavy (non-hydrogen) atoms. The lowest BCUT2D eigenvalue weighted by molar-refractivity contribution is 0.311. The van der Waals surface area contributed by atoms with Crippen LogP contribution in [0.3, 0.4) is 0 Å². The Morgan fingerprint density at radius 3 is 2.32 bits per heavy atom. The maximum atomic E-state index is 5.61. The van der Waals surface area contributed by atoms with Gasteiger partial charge in [0.15, 0.2) is 0 Å². The molecule has 0 bridgehead atoms. The summed E-state index contributed by atoms with van der Waals surface area (Å²) in [5, 5.41) is 0. The average molecular weight is 264 g/mol. The standard InChI is InChI=1S/C13H24N6/c1-9(2)11-10(3)15-13(16-12(11)17-14)19-7-5-18(4)6-8-19/h9H,5-8,14H2,1-4H3,(H,15,16,17). The number of nitrogen functional groups attached to an aromatic ring is 1. The van der Waals surface area contributed by atoms with Crippen LogP contribution in [0.15, 0.2) is 0 Å². The van der Waals surface area contributed by atoms with E-state index in [0.717, 1.165) is 49.2 Å². The fourth-order valence-corrected chi connectivity index (χ4v) is 2.52. The number of piperazine rings is 1. The minimum atomic E-state index is 0.354. The molecule has 2 rings (SSSR count). The lowest BCUT2D eigenvalue weighted by Gasteiger charge is -2.33. The van der Waals surface area contributed by atoms with E-state index in [9.17, 15) is 0 Å². The minimum absolute atomic E-state index is 0.354. The number of aromatic nitrogens is 2. The van der Waals surface area contributed by atoms with E-state index in [0.29, 0.717) is 5.92 Å². The summed E-state index contributed by atoms with van der Waals surface area (Å²) in [6, 6.07) is 0. The van der Waals surface area contributed by atoms with E-state index < -0.39 is 0 Å². The van der Waals surface area contributed by atoms with E-state index in [1.807, 2.05) is 6.92 Å². The molecule has 1 saturated heterocycles. The first-order valence-electron chi connectivity index (χ1n) is 6.81. The predicted octanol–water partition coefficient (Wildman–Crippen LogP) is 0.946. The van der Waals surface area contributed by atoms with Crippen molar-refractivity contribution in [3.63, 3.8) is 0 Å². The normalized spacial score (nSPS) is 17.1. The number of nitrogens with two attached hydrogens (primary N) is 1. The Bertz CT molecular complexity index is 437. The molecule has 0 spiro atoms. The maximum Gasteiger partial charge on any atom is 0.227 e. The van der Waals surface area contributed by atoms with Crippen molar-refractivity contribution in [2.45, 2.75) is 26.7 Å². The van der Waals surface area contributed by atoms with Crippen LogP contribution >= 0.6 is 0 Å². The van der Waals surface area contributed by atoms with Gasteiger partial charge in [-0.25, -0.2) is 10.8 Å². The smallest absolute Gasteiger partial charge is 0.227 e. The molecule has 1 aromatic heterocycles. The molecular weight excluding hydrogens is 240 g/mol. The highest BCUT2D eigenvalue weighted by Crippen LogP contribution is 2.26. The summed E-state index contributed by atoms with van der Waals surface area (Å²) in [5.41, 5.74) is 4.82. The second-order valence-electron chi connectivity index (χ2n) is 5.46. The third-order valence-corrected chi connectivity index (χ3v) is 3.62. The van der Waals surface area contributed by atoms with Gasteiger partial charge in [-0.3, -0.25) is 0 Å². The number of hydrogen-bond acceptors (Lipinski definition) is 6. The first-order valence-corrected chi connectivity index (χ1v) is 6.81. The zero-order valence-corrected chi connectivity index (χ0v) is 12.3. The first kappa shape index (κ1) is 14.0. The second kappa shape index (κ2) is 5.71. The van der Waals surface area contributed by atoms with Crippen molar-refractivity contribution in [2.24, 2.45) is 5.84 Å². The van der Waals surface area contributed by atoms with Gasteiger partial charge in [-0.2, -0.15) is 4.98 Å². The Balaban J connectivity index is 2.30. The van der Waals surface area contributed by atoms with Crippen LogP contribution in [0, 0.1) is 6.92 Å². The number of nitrogens with zero attached hydrogens (tertiary/aromatic N) is 4. The van der Waals surface area contributed by atoms with Gasteiger partial charge < -0.3 is 15.2 Å². The Hall–Kier alpha value is -1.40. The molecule has 0 aliphatic carbocycles. The van der Waals surface area contributed by atoms with Crippen LogP contribution in [-0.2, 0) is 0 Å². The molecule has 0 aromatic carbocycles. The molecule has 0 amide bonds. The number of anilines is 2. The van der Waals surface area contributed by atoms with Gasteiger partial charge in [0.05, 0.1) is 0 Å². The van der Waals surface area contributed by atoms with E-state index in [1.54, 1.807) is 0 Å². The number of likely N-dealkylation sites (N-methyl/N-ethyl adjacent to an activating group) is 1. The number of hydrogen-bond donors (Lipinski definition) is 2. The van der Waals surface area contributed by atoms with Gasteiger partial charge in [-0.15, -0.1) is 0 Å². The third kappa shape index (κ3) is 2.96. The molecule has 1 aliphatic rings. The lowest BCUT2D eigenvalue weighted by Crippen LogP contribution is -2.45. The highest BCUT2D eigenvalue weighted by Gasteiger charge is 2.20. The lowest BCUT2D eigenvalue weighted by atomic mass is 10.0. The van der Waals surface area contributed by atoms with E-state index in [2.05, 4.69) is 46.1 Å². The fourth-order valence-electron chi connectivity index (χ4n) is 2.52. The summed E-state index contributed by atoms with van der Waals surface area (Å²) in [4.78, 5) is 13.8. The van der Waals surface area contributed by atoms with E-state index in [4.69, 9.17) is 5.84 Å². The number of nitrogens with one attached hydrogen (secondary N) is 1. The average Bonchev–Trinajstić information content (AvgIpc) is 2.38. The van der Waals surface area contributed by atoms with Crippen LogP contribution in [0.1, 0.15) is 31.0 Å². The van der Waals surface area contributed by atoms with Crippen molar-refractivity contribution in [1.29, 1.82) is 0 Å². The van der Waals surface area contributed by atoms with Gasteiger partial charge in [0.25, 0.3) is 0 Å². The van der Waals surface area contributed by atoms with Crippen LogP contribution in [0.2, 0.25) is 0 Å². The number of hydrazine groups is 1. The van der Waals surface area contributed by atoms with Crippen LogP contribution < -0.4 is 16.2 Å². The monoisotopic (exact) mass is 264 g/mol. The molecule has 6 nitrogen and oxygen atoms in total. The summed E-state index contributed by atoms with van der Waals surface area (Å²) in [6.07, 6.45) is 0. The van der Waals surface area contributed by atoms with Crippen molar-refractivity contribution in [3.05, 3.63) is 11.3 Å². The van der Waals surface area contributed by atoms with Gasteiger partial charge in [0.2, 0.25) is 5.95 Å². The summed E-state index contributed by atoms with van der Waals surface area (Å²) < 4.78 is 0. The number of aryl methyl sites for hydroxylation is 1. The van der Waals surface area contributed by atoms with Crippen LogP contribution in [-0.4, -0.2) is 48.1 Å². The van der Waals surface area contributed by atoms with Crippen molar-refractivity contribution in [3.8, 4) is 0 Å². The highest BCUT2D eigenvalue weighted by atomic mass is 15.3. The Labute approximate surface area is 115 Å². The fraction of sp³-hybridized carbons (Fsp3) is 0.692. The third-order valence-electron chi connectivity index (χ3n) is 3.62. The van der Waals surface area contributed by atoms with E-state index in [-0.39, 0.29) is 0 Å². The zero-order valence-electron chi connectivity index (χ0n) is 12.3. The summed E-state index contributed by atoms with van der Waals surface area (Å²) >= 11 is 0. The largest absolute Gasteiger partial charge is 0.338 e. The maximum absolute atomic E-state index is 5.61. The van der Waals surface area contributed by atoms with Gasteiger partial charge in [0, 0.05) is 37.4 Å². The molecule has 106 valence electrons. The SMILES string of the molecule is Cc1nc(N2CCN(C)CC2)nc(NN)c1C(C)C. The molecular formula is C13H24N6. The van der Waals surface area contributed by atoms with Crippen molar-refractivity contribution >= 4 is 11.8 Å². The molecule has 1 fully saturated rings. The molecule has 6 heteroatoms. The van der Waals surface area contributed by atoms with E-state index >= 15 is 0 Å². The minimum Gasteiger partial charge on any atom is -0.338 e. The molecule has 0 radical (unpaired) electrons. The molecule has 0 saturated carbocycles. The predicted molar refractivity (Wildman–Crippen MR) is 78.4 cm³/mol. The Morgan fingerprint density at radius 2 is 1.79 bits per heavy atom. The van der Waals surface area contributed by atoms with Gasteiger partial charge >= 0.3 is 0 Å². The molecule has 1 aliphatic heterocycles. The summed E-state index contributed by atoms with van der Waals surface area (Å²) in [6.45, 7) is 10.3. The van der Waals surface area contributed by atoms with Gasteiger partial charge in [-0.1, -0.05) is 13.8 Å². The quantitative estimate of drug-likeness (QED) is 0.625. The Kier molecular flexibility index (Phi) is 4.21. The summed E-state index contributed by atoms with van der Waals surface area (Å²) in [7, 11) is 2.14. The van der Waals surface area contributed by atoms with Crippen LogP contribution in [0.4, 0.5) is 11.8 Å². The van der Waals surface area contributed by atoms with Crippen LogP contribution in [0.25, 0.3) is 0 Å². The van der Waals surface area contributed by atoms with Crippen molar-refractivity contribution < 1.29 is 0 Å². The molecule has 0 atom stereocenters. The first-order chi connectivity index (χ1) is 9.02. The van der Waals surface area contributed by atoms with Gasteiger partial charge in [0.1, 0.15) is 5.82 Å². The molecule has 2 heterocycles. The zero-order chi connectivity index (χ0) is 14.0. The highest BCUT2D eigenvalue weighted by molar-refractivity contribution is 5.52. The van der Waals surface area contributed by atoms with E-state index in [1.165, 1.54) is 0 Å². The molecule has 1 aromatic rings. The Morgan fingerprint density at radius 1 is 1.16 bits per heavy atom. The topological polar surface area (TPSA) is 70.3 Å². The van der Waals surface area contributed by atoms with Crippen molar-refractivity contribution in [2.75, 3.05) is 43.6 Å². The number of rotatable bonds is 3. The molecule has 3 N–H and O–H groups in total. The summed E-state index contributed by atoms with van der Waals surface area (Å²) in [5.74, 6) is 7.49. The molecule has 0 unspecified atom stereocenters. The second-order valence-corrected chi connectivity index (χ2v) is 5.46.